The van der Waals surface area contributed by atoms with Crippen LogP contribution in [0.5, 0.6) is 5.75 Å². The molecule has 1 aromatic rings. The second-order valence-corrected chi connectivity index (χ2v) is 6.61. The minimum Gasteiger partial charge on any atom is -0.489 e. The Bertz CT molecular complexity index is 543. The van der Waals surface area contributed by atoms with Crippen LogP contribution in [0.15, 0.2) is 29.3 Å². The van der Waals surface area contributed by atoms with Gasteiger partial charge in [-0.25, -0.2) is 4.79 Å². The fourth-order valence-electron chi connectivity index (χ4n) is 3.76. The molecule has 4 heteroatoms. The number of ether oxygens (including phenoxy) is 1. The first-order chi connectivity index (χ1) is 10.7. The zero-order valence-corrected chi connectivity index (χ0v) is 13.3. The highest BCUT2D eigenvalue weighted by Gasteiger charge is 2.35. The highest BCUT2D eigenvalue weighted by Crippen LogP contribution is 2.42. The summed E-state index contributed by atoms with van der Waals surface area (Å²) in [5.41, 5.74) is 0.771. The van der Waals surface area contributed by atoms with E-state index >= 15 is 0 Å². The summed E-state index contributed by atoms with van der Waals surface area (Å²) < 4.78 is 6.09. The maximum Gasteiger partial charge on any atom is 0.235 e. The lowest BCUT2D eigenvalue weighted by molar-refractivity contribution is 0.104. The fourth-order valence-corrected chi connectivity index (χ4v) is 3.76. The maximum absolute atomic E-state index is 10.8. The summed E-state index contributed by atoms with van der Waals surface area (Å²) in [7, 11) is 2.14. The largest absolute Gasteiger partial charge is 0.489 e. The molecule has 0 spiro atoms. The summed E-state index contributed by atoms with van der Waals surface area (Å²) >= 11 is 0. The number of rotatable bonds is 4. The average molecular weight is 300 g/mol. The van der Waals surface area contributed by atoms with E-state index in [-0.39, 0.29) is 11.6 Å². The number of isocyanates is 1. The molecule has 0 radical (unpaired) electrons. The first kappa shape index (κ1) is 15.3. The van der Waals surface area contributed by atoms with Crippen LogP contribution in [0.2, 0.25) is 0 Å². The van der Waals surface area contributed by atoms with Gasteiger partial charge < -0.3 is 9.64 Å². The molecule has 0 bridgehead atoms. The number of hydrogen-bond donors (Lipinski definition) is 0. The van der Waals surface area contributed by atoms with Gasteiger partial charge in [-0.3, -0.25) is 0 Å². The molecule has 0 aromatic heterocycles. The Morgan fingerprint density at radius 2 is 1.95 bits per heavy atom. The molecule has 3 rings (SSSR count). The summed E-state index contributed by atoms with van der Waals surface area (Å²) in [5, 5.41) is 0. The predicted octanol–water partition coefficient (Wildman–Crippen LogP) is 3.26. The number of benzene rings is 1. The van der Waals surface area contributed by atoms with Gasteiger partial charge in [-0.2, -0.15) is 4.99 Å². The molecule has 0 N–H and O–H groups in total. The van der Waals surface area contributed by atoms with Crippen LogP contribution in [0.4, 0.5) is 0 Å². The molecule has 22 heavy (non-hydrogen) atoms. The van der Waals surface area contributed by atoms with Crippen molar-refractivity contribution in [3.63, 3.8) is 0 Å². The summed E-state index contributed by atoms with van der Waals surface area (Å²) in [5.74, 6) is 0.910. The van der Waals surface area contributed by atoms with Crippen molar-refractivity contribution in [3.8, 4) is 5.75 Å². The number of likely N-dealkylation sites (tertiary alicyclic amines) is 1. The highest BCUT2D eigenvalue weighted by atomic mass is 16.5. The van der Waals surface area contributed by atoms with Crippen LogP contribution >= 0.6 is 0 Å². The number of piperidine rings is 1. The Hall–Kier alpha value is -1.64. The number of aliphatic imine (C=N–C) groups is 1. The zero-order valence-electron chi connectivity index (χ0n) is 13.3. The van der Waals surface area contributed by atoms with Crippen molar-refractivity contribution in [2.75, 3.05) is 20.1 Å². The van der Waals surface area contributed by atoms with Gasteiger partial charge in [0.15, 0.2) is 0 Å². The van der Waals surface area contributed by atoms with Crippen LogP contribution < -0.4 is 4.74 Å². The van der Waals surface area contributed by atoms with Crippen LogP contribution in [-0.2, 0) is 10.3 Å². The van der Waals surface area contributed by atoms with Crippen molar-refractivity contribution in [2.24, 2.45) is 4.99 Å². The van der Waals surface area contributed by atoms with Gasteiger partial charge in [-0.1, -0.05) is 25.0 Å². The second-order valence-electron chi connectivity index (χ2n) is 6.61. The van der Waals surface area contributed by atoms with Gasteiger partial charge in [0, 0.05) is 6.54 Å². The molecule has 1 aliphatic carbocycles. The van der Waals surface area contributed by atoms with E-state index in [0.717, 1.165) is 56.5 Å². The fraction of sp³-hybridized carbons (Fsp3) is 0.611. The van der Waals surface area contributed by atoms with E-state index in [2.05, 4.69) is 29.1 Å². The third-order valence-corrected chi connectivity index (χ3v) is 4.97. The Labute approximate surface area is 132 Å². The molecule has 2 aliphatic rings. The van der Waals surface area contributed by atoms with Crippen LogP contribution in [0.25, 0.3) is 0 Å². The summed E-state index contributed by atoms with van der Waals surface area (Å²) in [4.78, 5) is 17.2. The molecule has 118 valence electrons. The van der Waals surface area contributed by atoms with Gasteiger partial charge in [-0.15, -0.1) is 0 Å². The van der Waals surface area contributed by atoms with Gasteiger partial charge in [-0.05, 0) is 57.0 Å². The third-order valence-electron chi connectivity index (χ3n) is 4.97. The number of hydrogen-bond acceptors (Lipinski definition) is 4. The molecule has 1 aromatic carbocycles. The molecule has 0 amide bonds. The van der Waals surface area contributed by atoms with E-state index < -0.39 is 0 Å². The number of nitrogens with zero attached hydrogens (tertiary/aromatic N) is 2. The van der Waals surface area contributed by atoms with E-state index in [4.69, 9.17) is 4.74 Å². The summed E-state index contributed by atoms with van der Waals surface area (Å²) in [6.07, 6.45) is 8.48. The van der Waals surface area contributed by atoms with Gasteiger partial charge in [0.25, 0.3) is 0 Å². The van der Waals surface area contributed by atoms with E-state index in [9.17, 15) is 4.79 Å². The van der Waals surface area contributed by atoms with Crippen LogP contribution in [0.1, 0.15) is 44.1 Å². The topological polar surface area (TPSA) is 41.9 Å². The minimum atomic E-state index is -0.342. The number of likely N-dealkylation sites (N-methyl/N-ethyl adjacent to an activating group) is 1. The summed E-state index contributed by atoms with van der Waals surface area (Å²) in [6, 6.07) is 8.16. The predicted molar refractivity (Wildman–Crippen MR) is 85.9 cm³/mol. The lowest BCUT2D eigenvalue weighted by Crippen LogP contribution is -2.38. The van der Waals surface area contributed by atoms with Crippen molar-refractivity contribution < 1.29 is 9.53 Å². The second kappa shape index (κ2) is 6.64. The van der Waals surface area contributed by atoms with Crippen molar-refractivity contribution in [2.45, 2.75) is 50.2 Å². The van der Waals surface area contributed by atoms with Crippen LogP contribution in [-0.4, -0.2) is 37.2 Å². The summed E-state index contributed by atoms with van der Waals surface area (Å²) in [6.45, 7) is 2.14. The van der Waals surface area contributed by atoms with Gasteiger partial charge in [0.2, 0.25) is 6.08 Å². The van der Waals surface area contributed by atoms with E-state index in [1.807, 2.05) is 12.1 Å². The Balaban J connectivity index is 1.71. The Kier molecular flexibility index (Phi) is 4.60. The van der Waals surface area contributed by atoms with Crippen molar-refractivity contribution in [1.29, 1.82) is 0 Å². The lowest BCUT2D eigenvalue weighted by Gasteiger charge is -2.30. The smallest absolute Gasteiger partial charge is 0.235 e. The molecule has 2 fully saturated rings. The van der Waals surface area contributed by atoms with Crippen LogP contribution in [0.3, 0.4) is 0 Å². The first-order valence-corrected chi connectivity index (χ1v) is 8.27. The average Bonchev–Trinajstić information content (AvgIpc) is 2.98. The number of carbonyl (C=O) groups excluding carboxylic acids is 1. The monoisotopic (exact) mass is 300 g/mol. The molecule has 1 atom stereocenters. The normalized spacial score (nSPS) is 24.7. The minimum absolute atomic E-state index is 0.276. The first-order valence-electron chi connectivity index (χ1n) is 8.27. The quantitative estimate of drug-likeness (QED) is 0.633. The molecule has 1 saturated carbocycles. The maximum atomic E-state index is 10.8. The molecule has 1 aliphatic heterocycles. The molecule has 1 unspecified atom stereocenters. The van der Waals surface area contributed by atoms with E-state index in [0.29, 0.717) is 0 Å². The lowest BCUT2D eigenvalue weighted by atomic mass is 9.89. The third kappa shape index (κ3) is 3.23. The standard InChI is InChI=1S/C18H24N2O2/c1-20-12-4-5-17(13-20)22-16-8-6-15(7-9-16)18(19-14-21)10-2-3-11-18/h6-9,17H,2-5,10-13H2,1H3. The molecular formula is C18H24N2O2. The zero-order chi connectivity index (χ0) is 15.4. The molecule has 1 saturated heterocycles. The van der Waals surface area contributed by atoms with Crippen molar-refractivity contribution in [1.82, 2.24) is 4.90 Å². The van der Waals surface area contributed by atoms with Gasteiger partial charge in [0.1, 0.15) is 11.9 Å². The van der Waals surface area contributed by atoms with Crippen molar-refractivity contribution >= 4 is 6.08 Å². The van der Waals surface area contributed by atoms with Crippen molar-refractivity contribution in [3.05, 3.63) is 29.8 Å². The molecule has 4 nitrogen and oxygen atoms in total. The Morgan fingerprint density at radius 3 is 2.59 bits per heavy atom. The van der Waals surface area contributed by atoms with Crippen LogP contribution in [0, 0.1) is 0 Å². The SMILES string of the molecule is CN1CCCC(Oc2ccc(C3(N=C=O)CCCC3)cc2)C1. The van der Waals surface area contributed by atoms with Gasteiger partial charge >= 0.3 is 0 Å². The molecular weight excluding hydrogens is 276 g/mol. The van der Waals surface area contributed by atoms with E-state index in [1.54, 1.807) is 6.08 Å². The van der Waals surface area contributed by atoms with Gasteiger partial charge in [0.05, 0.1) is 5.54 Å². The Morgan fingerprint density at radius 1 is 1.23 bits per heavy atom. The molecule has 1 heterocycles. The van der Waals surface area contributed by atoms with E-state index in [1.165, 1.54) is 6.42 Å². The highest BCUT2D eigenvalue weighted by molar-refractivity contribution is 5.40.